The Morgan fingerprint density at radius 3 is 2.61 bits per heavy atom. The average molecular weight is 246 g/mol. The van der Waals surface area contributed by atoms with E-state index in [-0.39, 0.29) is 5.91 Å². The number of nitrogen functional groups attached to an aromatic ring is 1. The predicted molar refractivity (Wildman–Crippen MR) is 74.3 cm³/mol. The molecule has 0 aliphatic heterocycles. The number of hydrogen-bond donors (Lipinski definition) is 2. The van der Waals surface area contributed by atoms with Crippen molar-refractivity contribution in [2.24, 2.45) is 11.3 Å². The Morgan fingerprint density at radius 1 is 1.39 bits per heavy atom. The molecule has 3 nitrogen and oxygen atoms in total. The fourth-order valence-corrected chi connectivity index (χ4v) is 2.56. The lowest BCUT2D eigenvalue weighted by Crippen LogP contribution is -2.31. The van der Waals surface area contributed by atoms with Crippen LogP contribution in [0.1, 0.15) is 43.5 Å². The Labute approximate surface area is 109 Å². The lowest BCUT2D eigenvalue weighted by molar-refractivity contribution is 0.0943. The van der Waals surface area contributed by atoms with Crippen molar-refractivity contribution in [2.45, 2.75) is 33.1 Å². The van der Waals surface area contributed by atoms with Crippen molar-refractivity contribution in [2.75, 3.05) is 12.3 Å². The molecular formula is C15H22N2O. The number of nitrogens with one attached hydrogen (secondary N) is 1. The third-order valence-electron chi connectivity index (χ3n) is 3.63. The van der Waals surface area contributed by atoms with Crippen molar-refractivity contribution in [1.82, 2.24) is 5.32 Å². The van der Waals surface area contributed by atoms with E-state index in [1.54, 1.807) is 12.1 Å². The monoisotopic (exact) mass is 246 g/mol. The molecule has 98 valence electrons. The lowest BCUT2D eigenvalue weighted by atomic mass is 9.94. The second-order valence-electron chi connectivity index (χ2n) is 5.87. The summed E-state index contributed by atoms with van der Waals surface area (Å²) in [6, 6.07) is 7.21. The van der Waals surface area contributed by atoms with E-state index in [0.717, 1.165) is 6.54 Å². The number of benzene rings is 1. The van der Waals surface area contributed by atoms with Gasteiger partial charge in [0.05, 0.1) is 5.56 Å². The first-order chi connectivity index (χ1) is 8.52. The molecule has 1 aliphatic rings. The third-order valence-corrected chi connectivity index (χ3v) is 3.63. The number of nitrogens with two attached hydrogens (primary N) is 1. The molecule has 1 aliphatic carbocycles. The Balaban J connectivity index is 1.91. The molecule has 1 amide bonds. The highest BCUT2D eigenvalue weighted by molar-refractivity contribution is 5.99. The van der Waals surface area contributed by atoms with Gasteiger partial charge < -0.3 is 11.1 Å². The second kappa shape index (κ2) is 5.01. The van der Waals surface area contributed by atoms with E-state index in [9.17, 15) is 4.79 Å². The van der Waals surface area contributed by atoms with Gasteiger partial charge in [-0.2, -0.15) is 0 Å². The quantitative estimate of drug-likeness (QED) is 0.785. The van der Waals surface area contributed by atoms with E-state index in [4.69, 9.17) is 5.73 Å². The maximum absolute atomic E-state index is 12.0. The van der Waals surface area contributed by atoms with Crippen LogP contribution in [0.25, 0.3) is 0 Å². The van der Waals surface area contributed by atoms with E-state index in [2.05, 4.69) is 19.2 Å². The van der Waals surface area contributed by atoms with Crippen LogP contribution in [-0.2, 0) is 0 Å². The first-order valence-corrected chi connectivity index (χ1v) is 6.65. The molecule has 3 heteroatoms. The molecule has 0 unspecified atom stereocenters. The van der Waals surface area contributed by atoms with Crippen molar-refractivity contribution in [3.05, 3.63) is 29.8 Å². The van der Waals surface area contributed by atoms with Crippen LogP contribution >= 0.6 is 0 Å². The first kappa shape index (κ1) is 12.9. The molecule has 1 aromatic rings. The molecule has 0 aromatic heterocycles. The van der Waals surface area contributed by atoms with Gasteiger partial charge in [-0.1, -0.05) is 26.0 Å². The maximum atomic E-state index is 12.0. The van der Waals surface area contributed by atoms with Gasteiger partial charge in [0, 0.05) is 12.2 Å². The summed E-state index contributed by atoms with van der Waals surface area (Å²) in [5.74, 6) is 0.634. The van der Waals surface area contributed by atoms with Crippen LogP contribution in [0.3, 0.4) is 0 Å². The topological polar surface area (TPSA) is 55.1 Å². The summed E-state index contributed by atoms with van der Waals surface area (Å²) >= 11 is 0. The molecular weight excluding hydrogens is 224 g/mol. The van der Waals surface area contributed by atoms with Gasteiger partial charge in [-0.05, 0) is 42.7 Å². The molecule has 0 atom stereocenters. The minimum absolute atomic E-state index is 0.0527. The summed E-state index contributed by atoms with van der Waals surface area (Å²) < 4.78 is 0. The molecule has 18 heavy (non-hydrogen) atoms. The second-order valence-corrected chi connectivity index (χ2v) is 5.87. The Morgan fingerprint density at radius 2 is 2.06 bits per heavy atom. The molecule has 3 N–H and O–H groups in total. The predicted octanol–water partition coefficient (Wildman–Crippen LogP) is 2.82. The molecule has 2 rings (SSSR count). The molecule has 1 fully saturated rings. The molecule has 1 saturated carbocycles. The van der Waals surface area contributed by atoms with Crippen molar-refractivity contribution >= 4 is 11.6 Å². The molecule has 0 bridgehead atoms. The van der Waals surface area contributed by atoms with Crippen LogP contribution in [0.5, 0.6) is 0 Å². The number of para-hydroxylation sites is 1. The Bertz CT molecular complexity index is 436. The van der Waals surface area contributed by atoms with Gasteiger partial charge in [0.15, 0.2) is 0 Å². The number of amides is 1. The Kier molecular flexibility index (Phi) is 3.60. The zero-order chi connectivity index (χ0) is 13.2. The fourth-order valence-electron chi connectivity index (χ4n) is 2.56. The van der Waals surface area contributed by atoms with Crippen LogP contribution in [-0.4, -0.2) is 12.5 Å². The van der Waals surface area contributed by atoms with Crippen LogP contribution in [0.4, 0.5) is 5.69 Å². The molecule has 0 heterocycles. The lowest BCUT2D eigenvalue weighted by Gasteiger charge is -2.18. The fraction of sp³-hybridized carbons (Fsp3) is 0.533. The normalized spacial score (nSPS) is 16.6. The number of anilines is 1. The minimum Gasteiger partial charge on any atom is -0.398 e. The van der Waals surface area contributed by atoms with Crippen molar-refractivity contribution in [1.29, 1.82) is 0 Å². The van der Waals surface area contributed by atoms with E-state index in [1.807, 2.05) is 12.1 Å². The van der Waals surface area contributed by atoms with Gasteiger partial charge in [0.25, 0.3) is 5.91 Å². The summed E-state index contributed by atoms with van der Waals surface area (Å²) in [5, 5.41) is 3.03. The average Bonchev–Trinajstić information content (AvgIpc) is 3.06. The number of hydrogen-bond acceptors (Lipinski definition) is 2. The van der Waals surface area contributed by atoms with E-state index < -0.39 is 0 Å². The minimum atomic E-state index is -0.0527. The number of carbonyl (C=O) groups is 1. The highest BCUT2D eigenvalue weighted by Crippen LogP contribution is 2.50. The zero-order valence-corrected chi connectivity index (χ0v) is 11.2. The van der Waals surface area contributed by atoms with E-state index in [0.29, 0.717) is 22.6 Å². The SMILES string of the molecule is CC(C)CC1(CNC(=O)c2ccccc2N)CC1. The third kappa shape index (κ3) is 3.03. The van der Waals surface area contributed by atoms with Crippen molar-refractivity contribution < 1.29 is 4.79 Å². The van der Waals surface area contributed by atoms with Gasteiger partial charge in [-0.15, -0.1) is 0 Å². The van der Waals surface area contributed by atoms with E-state index >= 15 is 0 Å². The summed E-state index contributed by atoms with van der Waals surface area (Å²) in [4.78, 5) is 12.0. The smallest absolute Gasteiger partial charge is 0.253 e. The zero-order valence-electron chi connectivity index (χ0n) is 11.2. The molecule has 1 aromatic carbocycles. The summed E-state index contributed by atoms with van der Waals surface area (Å²) in [7, 11) is 0. The Hall–Kier alpha value is -1.51. The van der Waals surface area contributed by atoms with Gasteiger partial charge in [0.2, 0.25) is 0 Å². The summed E-state index contributed by atoms with van der Waals surface area (Å²) in [6.07, 6.45) is 3.66. The van der Waals surface area contributed by atoms with Gasteiger partial charge in [0.1, 0.15) is 0 Å². The van der Waals surface area contributed by atoms with Crippen LogP contribution in [0.2, 0.25) is 0 Å². The maximum Gasteiger partial charge on any atom is 0.253 e. The van der Waals surface area contributed by atoms with Gasteiger partial charge in [-0.25, -0.2) is 0 Å². The van der Waals surface area contributed by atoms with E-state index in [1.165, 1.54) is 19.3 Å². The standard InChI is InChI=1S/C15H22N2O/c1-11(2)9-15(7-8-15)10-17-14(18)12-5-3-4-6-13(12)16/h3-6,11H,7-10,16H2,1-2H3,(H,17,18). The molecule has 0 saturated heterocycles. The van der Waals surface area contributed by atoms with Crippen LogP contribution in [0, 0.1) is 11.3 Å². The summed E-state index contributed by atoms with van der Waals surface area (Å²) in [5.41, 5.74) is 7.28. The van der Waals surface area contributed by atoms with Crippen molar-refractivity contribution in [3.63, 3.8) is 0 Å². The highest BCUT2D eigenvalue weighted by atomic mass is 16.1. The highest BCUT2D eigenvalue weighted by Gasteiger charge is 2.42. The number of carbonyl (C=O) groups excluding carboxylic acids is 1. The van der Waals surface area contributed by atoms with Crippen LogP contribution in [0.15, 0.2) is 24.3 Å². The van der Waals surface area contributed by atoms with Gasteiger partial charge in [-0.3, -0.25) is 4.79 Å². The first-order valence-electron chi connectivity index (χ1n) is 6.65. The molecule has 0 spiro atoms. The number of rotatable bonds is 5. The van der Waals surface area contributed by atoms with Crippen LogP contribution < -0.4 is 11.1 Å². The molecule has 0 radical (unpaired) electrons. The van der Waals surface area contributed by atoms with Gasteiger partial charge >= 0.3 is 0 Å². The summed E-state index contributed by atoms with van der Waals surface area (Å²) in [6.45, 7) is 5.24. The van der Waals surface area contributed by atoms with Crippen molar-refractivity contribution in [3.8, 4) is 0 Å². The largest absolute Gasteiger partial charge is 0.398 e.